The first kappa shape index (κ1) is 31.6. The van der Waals surface area contributed by atoms with Gasteiger partial charge in [-0.05, 0) is 64.4 Å². The Morgan fingerprint density at radius 1 is 1.02 bits per heavy atom. The van der Waals surface area contributed by atoms with E-state index in [4.69, 9.17) is 0 Å². The van der Waals surface area contributed by atoms with E-state index in [1.54, 1.807) is 18.5 Å². The van der Waals surface area contributed by atoms with Gasteiger partial charge in [0.05, 0.1) is 51.8 Å². The van der Waals surface area contributed by atoms with Gasteiger partial charge >= 0.3 is 0 Å². The highest BCUT2D eigenvalue weighted by Crippen LogP contribution is 2.34. The van der Waals surface area contributed by atoms with Crippen molar-refractivity contribution in [1.82, 2.24) is 33.9 Å². The first-order valence-electron chi connectivity index (χ1n) is 15.1. The van der Waals surface area contributed by atoms with Gasteiger partial charge in [0.15, 0.2) is 5.82 Å². The van der Waals surface area contributed by atoms with Crippen molar-refractivity contribution >= 4 is 27.3 Å². The first-order chi connectivity index (χ1) is 21.9. The molecule has 0 aliphatic heterocycles. The zero-order valence-corrected chi connectivity index (χ0v) is 26.3. The standard InChI is InChI=1S/C31H35F2N9O3S/c1-31(2,43)23-5-7-24(8-6-23)38-26-13-29(35-15-21(26)4-3-20-14-36-41(17-20)19-27(32)33)39-28-11-12-34-30(40-28)22-16-37-42(18-22)46(44,45)25-9-10-25/h11-18,23-25,27,43H,5-10,19H2,1-2H3,(H2,34,35,38,39,40). The molecule has 4 heterocycles. The van der Waals surface area contributed by atoms with E-state index in [0.717, 1.165) is 40.1 Å². The summed E-state index contributed by atoms with van der Waals surface area (Å²) in [4.78, 5) is 13.4. The molecule has 2 fully saturated rings. The van der Waals surface area contributed by atoms with Crippen LogP contribution in [0.4, 0.5) is 26.1 Å². The van der Waals surface area contributed by atoms with Gasteiger partial charge in [0, 0.05) is 30.7 Å². The molecule has 2 saturated carbocycles. The van der Waals surface area contributed by atoms with Crippen LogP contribution in [-0.2, 0) is 16.6 Å². The number of nitrogens with one attached hydrogen (secondary N) is 2. The Morgan fingerprint density at radius 3 is 2.52 bits per heavy atom. The van der Waals surface area contributed by atoms with Crippen molar-refractivity contribution in [2.45, 2.75) is 82.2 Å². The molecule has 2 aliphatic rings. The lowest BCUT2D eigenvalue weighted by atomic mass is 9.77. The van der Waals surface area contributed by atoms with Crippen LogP contribution >= 0.6 is 0 Å². The van der Waals surface area contributed by atoms with Crippen molar-refractivity contribution < 1.29 is 22.3 Å². The summed E-state index contributed by atoms with van der Waals surface area (Å²) >= 11 is 0. The molecule has 0 spiro atoms. The molecule has 0 bridgehead atoms. The van der Waals surface area contributed by atoms with Crippen LogP contribution in [0.3, 0.4) is 0 Å². The number of halogens is 2. The van der Waals surface area contributed by atoms with Gasteiger partial charge in [-0.25, -0.2) is 32.2 Å². The zero-order valence-electron chi connectivity index (χ0n) is 25.4. The number of nitrogens with zero attached hydrogens (tertiary/aromatic N) is 7. The Hall–Kier alpha value is -4.42. The predicted molar refractivity (Wildman–Crippen MR) is 168 cm³/mol. The largest absolute Gasteiger partial charge is 0.390 e. The second-order valence-electron chi connectivity index (χ2n) is 12.3. The van der Waals surface area contributed by atoms with Gasteiger partial charge in [-0.2, -0.15) is 14.3 Å². The van der Waals surface area contributed by atoms with Crippen LogP contribution in [0.15, 0.2) is 49.3 Å². The Bertz CT molecular complexity index is 1860. The number of hydrogen-bond donors (Lipinski definition) is 3. The monoisotopic (exact) mass is 651 g/mol. The molecule has 3 N–H and O–H groups in total. The van der Waals surface area contributed by atoms with Crippen LogP contribution in [0.25, 0.3) is 11.4 Å². The zero-order chi connectivity index (χ0) is 32.5. The minimum atomic E-state index is -3.51. The number of anilines is 3. The van der Waals surface area contributed by atoms with Gasteiger partial charge in [0.1, 0.15) is 18.2 Å². The summed E-state index contributed by atoms with van der Waals surface area (Å²) in [5, 5.41) is 24.9. The summed E-state index contributed by atoms with van der Waals surface area (Å²) in [7, 11) is -3.51. The van der Waals surface area contributed by atoms with Crippen molar-refractivity contribution in [3.8, 4) is 23.2 Å². The fraction of sp³-hybridized carbons (Fsp3) is 0.452. The third-order valence-corrected chi connectivity index (χ3v) is 10.3. The van der Waals surface area contributed by atoms with Crippen LogP contribution in [0, 0.1) is 17.8 Å². The van der Waals surface area contributed by atoms with Crippen LogP contribution in [0.2, 0.25) is 0 Å². The maximum Gasteiger partial charge on any atom is 0.257 e. The number of rotatable bonds is 10. The minimum Gasteiger partial charge on any atom is -0.390 e. The first-order valence-corrected chi connectivity index (χ1v) is 16.7. The molecule has 2 aliphatic carbocycles. The van der Waals surface area contributed by atoms with E-state index in [1.807, 2.05) is 19.9 Å². The number of hydrogen-bond acceptors (Lipinski definition) is 10. The van der Waals surface area contributed by atoms with E-state index in [-0.39, 0.29) is 12.0 Å². The normalized spacial score (nSPS) is 18.7. The predicted octanol–water partition coefficient (Wildman–Crippen LogP) is 4.42. The fourth-order valence-electron chi connectivity index (χ4n) is 5.49. The highest BCUT2D eigenvalue weighted by molar-refractivity contribution is 7.90. The molecule has 0 unspecified atom stereocenters. The SMILES string of the molecule is CC(C)(O)C1CCC(Nc2cc(Nc3ccnc(-c4cnn(S(=O)(=O)C5CC5)c4)n3)ncc2C#Cc2cnn(CC(F)F)c2)CC1. The van der Waals surface area contributed by atoms with Crippen LogP contribution < -0.4 is 10.6 Å². The van der Waals surface area contributed by atoms with Gasteiger partial charge in [0.25, 0.3) is 16.4 Å². The van der Waals surface area contributed by atoms with E-state index in [0.29, 0.717) is 47.0 Å². The molecular formula is C31H35F2N9O3S. The molecule has 0 amide bonds. The van der Waals surface area contributed by atoms with Gasteiger partial charge in [0.2, 0.25) is 0 Å². The van der Waals surface area contributed by atoms with Crippen molar-refractivity contribution in [1.29, 1.82) is 0 Å². The van der Waals surface area contributed by atoms with Gasteiger partial charge in [-0.1, -0.05) is 11.8 Å². The lowest BCUT2D eigenvalue weighted by Crippen LogP contribution is -2.37. The number of aliphatic hydroxyl groups is 1. The molecule has 0 radical (unpaired) electrons. The summed E-state index contributed by atoms with van der Waals surface area (Å²) in [6.45, 7) is 3.20. The van der Waals surface area contributed by atoms with E-state index in [9.17, 15) is 22.3 Å². The summed E-state index contributed by atoms with van der Waals surface area (Å²) < 4.78 is 52.8. The minimum absolute atomic E-state index is 0.150. The van der Waals surface area contributed by atoms with E-state index >= 15 is 0 Å². The van der Waals surface area contributed by atoms with Gasteiger partial charge in [-0.15, -0.1) is 0 Å². The molecular weight excluding hydrogens is 616 g/mol. The van der Waals surface area contributed by atoms with Crippen molar-refractivity contribution in [2.75, 3.05) is 10.6 Å². The molecule has 242 valence electrons. The quantitative estimate of drug-likeness (QED) is 0.210. The van der Waals surface area contributed by atoms with Crippen LogP contribution in [0.1, 0.15) is 63.5 Å². The maximum atomic E-state index is 12.8. The van der Waals surface area contributed by atoms with Crippen LogP contribution in [0.5, 0.6) is 0 Å². The van der Waals surface area contributed by atoms with Gasteiger partial charge < -0.3 is 15.7 Å². The highest BCUT2D eigenvalue weighted by atomic mass is 32.2. The molecule has 4 aromatic rings. The van der Waals surface area contributed by atoms with Crippen molar-refractivity contribution in [3.63, 3.8) is 0 Å². The topological polar surface area (TPSA) is 153 Å². The average molecular weight is 652 g/mol. The highest BCUT2D eigenvalue weighted by Gasteiger charge is 2.38. The lowest BCUT2D eigenvalue weighted by molar-refractivity contribution is -0.000396. The molecule has 0 saturated heterocycles. The van der Waals surface area contributed by atoms with E-state index in [1.165, 1.54) is 24.8 Å². The Kier molecular flexibility index (Phi) is 8.75. The molecule has 15 heteroatoms. The Balaban J connectivity index is 1.23. The van der Waals surface area contributed by atoms with Crippen molar-refractivity contribution in [3.05, 3.63) is 60.4 Å². The third-order valence-electron chi connectivity index (χ3n) is 8.23. The smallest absolute Gasteiger partial charge is 0.257 e. The number of aromatic nitrogens is 7. The summed E-state index contributed by atoms with van der Waals surface area (Å²) in [6, 6.07) is 3.65. The van der Waals surface area contributed by atoms with Gasteiger partial charge in [-0.3, -0.25) is 4.68 Å². The molecule has 0 atom stereocenters. The second kappa shape index (κ2) is 12.8. The average Bonchev–Trinajstić information content (AvgIpc) is 3.59. The third kappa shape index (κ3) is 7.51. The molecule has 0 aromatic carbocycles. The summed E-state index contributed by atoms with van der Waals surface area (Å²) in [5.74, 6) is 7.55. The number of alkyl halides is 2. The Morgan fingerprint density at radius 2 is 1.80 bits per heavy atom. The second-order valence-corrected chi connectivity index (χ2v) is 14.4. The molecule has 12 nitrogen and oxygen atoms in total. The van der Waals surface area contributed by atoms with Crippen molar-refractivity contribution in [2.24, 2.45) is 5.92 Å². The molecule has 4 aromatic heterocycles. The molecule has 6 rings (SSSR count). The fourth-order valence-corrected chi connectivity index (χ4v) is 6.97. The number of pyridine rings is 1. The van der Waals surface area contributed by atoms with E-state index < -0.39 is 33.8 Å². The lowest BCUT2D eigenvalue weighted by Gasteiger charge is -2.36. The van der Waals surface area contributed by atoms with E-state index in [2.05, 4.69) is 47.6 Å². The van der Waals surface area contributed by atoms with Crippen LogP contribution in [-0.4, -0.2) is 70.8 Å². The molecule has 46 heavy (non-hydrogen) atoms. The maximum absolute atomic E-state index is 12.8. The summed E-state index contributed by atoms with van der Waals surface area (Å²) in [6.07, 6.45) is 11.2. The Labute approximate surface area is 265 Å². The summed E-state index contributed by atoms with van der Waals surface area (Å²) in [5.41, 5.74) is 1.58.